The molecule has 0 saturated carbocycles. The Morgan fingerprint density at radius 3 is 2.75 bits per heavy atom. The number of alkyl halides is 1. The van der Waals surface area contributed by atoms with Crippen molar-refractivity contribution in [3.05, 3.63) is 40.4 Å². The minimum absolute atomic E-state index is 0.281. The molecule has 0 N–H and O–H groups in total. The predicted molar refractivity (Wildman–Crippen MR) is 74.9 cm³/mol. The van der Waals surface area contributed by atoms with Crippen LogP contribution < -0.4 is 0 Å². The Hall–Kier alpha value is -0.550. The third-order valence-corrected chi connectivity index (χ3v) is 3.08. The van der Waals surface area contributed by atoms with Gasteiger partial charge in [0.2, 0.25) is 0 Å². The van der Waals surface area contributed by atoms with Crippen molar-refractivity contribution in [2.24, 2.45) is 0 Å². The summed E-state index contributed by atoms with van der Waals surface area (Å²) in [5.41, 5.74) is 1.46. The van der Waals surface area contributed by atoms with Gasteiger partial charge in [-0.1, -0.05) is 52.4 Å². The van der Waals surface area contributed by atoms with Crippen molar-refractivity contribution in [1.82, 2.24) is 0 Å². The summed E-state index contributed by atoms with van der Waals surface area (Å²) >= 11 is 8.14. The van der Waals surface area contributed by atoms with E-state index in [1.807, 2.05) is 18.2 Å². The minimum atomic E-state index is -0.281. The third-order valence-electron chi connectivity index (χ3n) is 1.92. The van der Waals surface area contributed by atoms with Gasteiger partial charge in [-0.3, -0.25) is 0 Å². The molecule has 1 aromatic rings. The molecule has 86 valence electrons. The summed E-state index contributed by atoms with van der Waals surface area (Å²) in [7, 11) is 0. The first kappa shape index (κ1) is 13.5. The quantitative estimate of drug-likeness (QED) is 0.358. The number of hydrogen-bond donors (Lipinski definition) is 0. The van der Waals surface area contributed by atoms with Crippen LogP contribution in [0.25, 0.3) is 6.08 Å². The maximum absolute atomic E-state index is 11.6. The molecule has 2 nitrogen and oxygen atoms in total. The monoisotopic (exact) mass is 350 g/mol. The number of esters is 1. The van der Waals surface area contributed by atoms with Crippen LogP contribution in [0.15, 0.2) is 29.8 Å². The lowest BCUT2D eigenvalue weighted by Crippen LogP contribution is -2.08. The fourth-order valence-corrected chi connectivity index (χ4v) is 1.88. The third kappa shape index (κ3) is 3.79. The van der Waals surface area contributed by atoms with Crippen molar-refractivity contribution in [3.8, 4) is 0 Å². The van der Waals surface area contributed by atoms with Gasteiger partial charge in [-0.05, 0) is 24.6 Å². The standard InChI is InChI=1S/C12H12ClIO2/c1-2-16-12(15)10(8-14)7-9-5-3-4-6-11(9)13/h3-7H,2,8H2,1H3/b10-7+. The molecule has 0 bridgehead atoms. The van der Waals surface area contributed by atoms with E-state index in [4.69, 9.17) is 16.3 Å². The first-order valence-electron chi connectivity index (χ1n) is 4.87. The lowest BCUT2D eigenvalue weighted by atomic mass is 10.1. The summed E-state index contributed by atoms with van der Waals surface area (Å²) in [4.78, 5) is 11.6. The first-order valence-corrected chi connectivity index (χ1v) is 6.77. The average Bonchev–Trinajstić information content (AvgIpc) is 2.28. The van der Waals surface area contributed by atoms with Crippen LogP contribution in [0.1, 0.15) is 12.5 Å². The zero-order valence-corrected chi connectivity index (χ0v) is 11.8. The van der Waals surface area contributed by atoms with E-state index in [1.165, 1.54) is 0 Å². The van der Waals surface area contributed by atoms with Gasteiger partial charge in [0.25, 0.3) is 0 Å². The van der Waals surface area contributed by atoms with E-state index in [0.29, 0.717) is 21.6 Å². The zero-order chi connectivity index (χ0) is 12.0. The molecule has 1 aromatic carbocycles. The molecular formula is C12H12ClIO2. The number of ether oxygens (including phenoxy) is 1. The molecule has 0 aliphatic rings. The largest absolute Gasteiger partial charge is 0.463 e. The van der Waals surface area contributed by atoms with E-state index in [2.05, 4.69) is 22.6 Å². The van der Waals surface area contributed by atoms with Crippen molar-refractivity contribution < 1.29 is 9.53 Å². The van der Waals surface area contributed by atoms with E-state index in [-0.39, 0.29) is 5.97 Å². The summed E-state index contributed by atoms with van der Waals surface area (Å²) in [5.74, 6) is -0.281. The van der Waals surface area contributed by atoms with E-state index in [0.717, 1.165) is 5.56 Å². The van der Waals surface area contributed by atoms with Crippen molar-refractivity contribution in [2.75, 3.05) is 11.0 Å². The van der Waals surface area contributed by atoms with Gasteiger partial charge >= 0.3 is 5.97 Å². The number of carbonyl (C=O) groups excluding carboxylic acids is 1. The Bertz CT molecular complexity index is 402. The second-order valence-electron chi connectivity index (χ2n) is 3.05. The molecular weight excluding hydrogens is 338 g/mol. The molecule has 0 spiro atoms. The van der Waals surface area contributed by atoms with Crippen LogP contribution in [-0.2, 0) is 9.53 Å². The molecule has 0 radical (unpaired) electrons. The van der Waals surface area contributed by atoms with Crippen LogP contribution in [0.4, 0.5) is 0 Å². The SMILES string of the molecule is CCOC(=O)/C(=C/c1ccccc1Cl)CI. The summed E-state index contributed by atoms with van der Waals surface area (Å²) in [5, 5.41) is 0.633. The number of halogens is 2. The van der Waals surface area contributed by atoms with Crippen molar-refractivity contribution >= 4 is 46.2 Å². The van der Waals surface area contributed by atoms with E-state index in [1.54, 1.807) is 19.1 Å². The van der Waals surface area contributed by atoms with Crippen LogP contribution in [0.2, 0.25) is 5.02 Å². The Morgan fingerprint density at radius 1 is 1.50 bits per heavy atom. The van der Waals surface area contributed by atoms with Crippen molar-refractivity contribution in [1.29, 1.82) is 0 Å². The van der Waals surface area contributed by atoms with Gasteiger partial charge in [-0.2, -0.15) is 0 Å². The van der Waals surface area contributed by atoms with Gasteiger partial charge in [0.15, 0.2) is 0 Å². The summed E-state index contributed by atoms with van der Waals surface area (Å²) in [6.07, 6.45) is 1.77. The lowest BCUT2D eigenvalue weighted by molar-refractivity contribution is -0.138. The molecule has 4 heteroatoms. The highest BCUT2D eigenvalue weighted by Crippen LogP contribution is 2.19. The fraction of sp³-hybridized carbons (Fsp3) is 0.250. The topological polar surface area (TPSA) is 26.3 Å². The molecule has 16 heavy (non-hydrogen) atoms. The van der Waals surface area contributed by atoms with Gasteiger partial charge in [-0.15, -0.1) is 0 Å². The summed E-state index contributed by atoms with van der Waals surface area (Å²) < 4.78 is 5.55. The molecule has 0 saturated heterocycles. The van der Waals surface area contributed by atoms with Crippen LogP contribution in [0.3, 0.4) is 0 Å². The molecule has 1 rings (SSSR count). The molecule has 0 unspecified atom stereocenters. The van der Waals surface area contributed by atoms with E-state index in [9.17, 15) is 4.79 Å². The van der Waals surface area contributed by atoms with Gasteiger partial charge < -0.3 is 4.74 Å². The molecule has 0 heterocycles. The normalized spacial score (nSPS) is 11.3. The smallest absolute Gasteiger partial charge is 0.334 e. The van der Waals surface area contributed by atoms with Gasteiger partial charge in [0.05, 0.1) is 6.61 Å². The second kappa shape index (κ2) is 6.91. The molecule has 0 aromatic heterocycles. The van der Waals surface area contributed by atoms with Crippen LogP contribution in [-0.4, -0.2) is 17.0 Å². The number of carbonyl (C=O) groups is 1. The number of hydrogen-bond acceptors (Lipinski definition) is 2. The van der Waals surface area contributed by atoms with Crippen LogP contribution in [0.5, 0.6) is 0 Å². The second-order valence-corrected chi connectivity index (χ2v) is 4.22. The highest BCUT2D eigenvalue weighted by atomic mass is 127. The maximum atomic E-state index is 11.6. The van der Waals surface area contributed by atoms with Crippen molar-refractivity contribution in [3.63, 3.8) is 0 Å². The number of rotatable bonds is 4. The fourth-order valence-electron chi connectivity index (χ4n) is 1.16. The predicted octanol–water partition coefficient (Wildman–Crippen LogP) is 3.72. The van der Waals surface area contributed by atoms with Gasteiger partial charge in [0.1, 0.15) is 0 Å². The molecule has 0 fully saturated rings. The average molecular weight is 351 g/mol. The number of benzene rings is 1. The molecule has 0 amide bonds. The first-order chi connectivity index (χ1) is 7.69. The van der Waals surface area contributed by atoms with Crippen LogP contribution >= 0.6 is 34.2 Å². The minimum Gasteiger partial charge on any atom is -0.463 e. The Kier molecular flexibility index (Phi) is 5.84. The Labute approximate surface area is 114 Å². The Morgan fingerprint density at radius 2 is 2.19 bits per heavy atom. The molecule has 0 aliphatic carbocycles. The van der Waals surface area contributed by atoms with Crippen LogP contribution in [0, 0.1) is 0 Å². The zero-order valence-electron chi connectivity index (χ0n) is 8.87. The highest BCUT2D eigenvalue weighted by Gasteiger charge is 2.09. The summed E-state index contributed by atoms with van der Waals surface area (Å²) in [6.45, 7) is 2.17. The molecule has 0 aliphatic heterocycles. The van der Waals surface area contributed by atoms with Crippen molar-refractivity contribution in [2.45, 2.75) is 6.92 Å². The molecule has 0 atom stereocenters. The van der Waals surface area contributed by atoms with Gasteiger partial charge in [0, 0.05) is 15.0 Å². The summed E-state index contributed by atoms with van der Waals surface area (Å²) in [6, 6.07) is 7.40. The maximum Gasteiger partial charge on any atom is 0.334 e. The van der Waals surface area contributed by atoms with Gasteiger partial charge in [-0.25, -0.2) is 4.79 Å². The lowest BCUT2D eigenvalue weighted by Gasteiger charge is -2.04. The Balaban J connectivity index is 2.96. The van der Waals surface area contributed by atoms with E-state index >= 15 is 0 Å². The van der Waals surface area contributed by atoms with E-state index < -0.39 is 0 Å². The highest BCUT2D eigenvalue weighted by molar-refractivity contribution is 14.1.